The molecule has 0 amide bonds. The van der Waals surface area contributed by atoms with Crippen LogP contribution in [0.15, 0.2) is 42.5 Å². The summed E-state index contributed by atoms with van der Waals surface area (Å²) >= 11 is 11.9. The zero-order chi connectivity index (χ0) is 20.0. The van der Waals surface area contributed by atoms with Gasteiger partial charge in [0.2, 0.25) is 0 Å². The van der Waals surface area contributed by atoms with E-state index < -0.39 is 18.0 Å². The van der Waals surface area contributed by atoms with E-state index in [4.69, 9.17) is 37.4 Å². The Hall–Kier alpha value is -2.24. The smallest absolute Gasteiger partial charge is 0.352 e. The Bertz CT molecular complexity index is 820. The maximum absolute atomic E-state index is 12.3. The molecule has 0 radical (unpaired) electrons. The minimum atomic E-state index is -0.916. The van der Waals surface area contributed by atoms with E-state index in [1.54, 1.807) is 30.3 Å². The van der Waals surface area contributed by atoms with E-state index in [0.717, 1.165) is 0 Å². The predicted octanol–water partition coefficient (Wildman–Crippen LogP) is 5.18. The molecular formula is C20H20Cl2O5. The van der Waals surface area contributed by atoms with Gasteiger partial charge in [0.25, 0.3) is 0 Å². The van der Waals surface area contributed by atoms with Gasteiger partial charge in [-0.05, 0) is 49.2 Å². The van der Waals surface area contributed by atoms with E-state index in [-0.39, 0.29) is 16.7 Å². The highest BCUT2D eigenvalue weighted by molar-refractivity contribution is 6.35. The normalized spacial score (nSPS) is 11.8. The van der Waals surface area contributed by atoms with Gasteiger partial charge < -0.3 is 14.2 Å². The van der Waals surface area contributed by atoms with Crippen molar-refractivity contribution in [2.45, 2.75) is 26.9 Å². The topological polar surface area (TPSA) is 61.8 Å². The fraction of sp³-hybridized carbons (Fsp3) is 0.300. The molecule has 2 rings (SSSR count). The number of halogens is 2. The Balaban J connectivity index is 2.00. The molecule has 2 aromatic rings. The molecule has 0 saturated carbocycles. The predicted molar refractivity (Wildman–Crippen MR) is 104 cm³/mol. The number of hydrogen-bond acceptors (Lipinski definition) is 5. The summed E-state index contributed by atoms with van der Waals surface area (Å²) in [7, 11) is 0. The molecule has 27 heavy (non-hydrogen) atoms. The molecule has 0 N–H and O–H groups in total. The van der Waals surface area contributed by atoms with Crippen molar-refractivity contribution in [3.05, 3.63) is 58.1 Å². The number of rotatable bonds is 7. The molecule has 0 heterocycles. The number of benzene rings is 2. The summed E-state index contributed by atoms with van der Waals surface area (Å²) in [5.74, 6) is -0.339. The number of hydrogen-bond donors (Lipinski definition) is 0. The first-order valence-corrected chi connectivity index (χ1v) is 9.12. The van der Waals surface area contributed by atoms with Crippen LogP contribution in [0.5, 0.6) is 11.5 Å². The Kier molecular flexibility index (Phi) is 7.51. The summed E-state index contributed by atoms with van der Waals surface area (Å²) in [4.78, 5) is 24.3. The molecule has 0 aliphatic carbocycles. The second-order valence-electron chi connectivity index (χ2n) is 6.28. The van der Waals surface area contributed by atoms with Crippen LogP contribution in [0.4, 0.5) is 0 Å². The van der Waals surface area contributed by atoms with Crippen molar-refractivity contribution < 1.29 is 23.8 Å². The number of carbonyl (C=O) groups excluding carboxylic acids is 2. The zero-order valence-corrected chi connectivity index (χ0v) is 16.7. The fourth-order valence-corrected chi connectivity index (χ4v) is 2.47. The van der Waals surface area contributed by atoms with Crippen LogP contribution >= 0.6 is 23.2 Å². The first-order valence-electron chi connectivity index (χ1n) is 8.37. The third-order valence-electron chi connectivity index (χ3n) is 3.37. The van der Waals surface area contributed by atoms with Crippen LogP contribution in [0, 0.1) is 5.92 Å². The van der Waals surface area contributed by atoms with Crippen LogP contribution in [0.1, 0.15) is 31.1 Å². The average Bonchev–Trinajstić information content (AvgIpc) is 2.62. The van der Waals surface area contributed by atoms with Gasteiger partial charge in [-0.1, -0.05) is 43.1 Å². The van der Waals surface area contributed by atoms with Crippen LogP contribution in [0.25, 0.3) is 0 Å². The molecule has 2 aromatic carbocycles. The van der Waals surface area contributed by atoms with Crippen LogP contribution in [0.2, 0.25) is 10.0 Å². The molecule has 0 aliphatic rings. The quantitative estimate of drug-likeness (QED) is 0.464. The number of esters is 2. The number of carbonyl (C=O) groups is 2. The molecule has 0 aliphatic heterocycles. The average molecular weight is 411 g/mol. The van der Waals surface area contributed by atoms with Crippen LogP contribution in [-0.4, -0.2) is 24.6 Å². The summed E-state index contributed by atoms with van der Waals surface area (Å²) < 4.78 is 16.0. The van der Waals surface area contributed by atoms with Gasteiger partial charge in [0, 0.05) is 5.02 Å². The Morgan fingerprint density at radius 3 is 2.44 bits per heavy atom. The molecule has 5 nitrogen and oxygen atoms in total. The van der Waals surface area contributed by atoms with Crippen LogP contribution in [0.3, 0.4) is 0 Å². The molecule has 1 atom stereocenters. The standard InChI is InChI=1S/C20H20Cl2O5/c1-12(2)11-25-20(24)14-5-4-6-16(9-14)27-19(23)13(3)26-18-8-7-15(21)10-17(18)22/h4-10,12-13H,11H2,1-3H3. The van der Waals surface area contributed by atoms with Crippen molar-refractivity contribution in [2.24, 2.45) is 5.92 Å². The van der Waals surface area contributed by atoms with Crippen LogP contribution in [-0.2, 0) is 9.53 Å². The Morgan fingerprint density at radius 1 is 1.04 bits per heavy atom. The van der Waals surface area contributed by atoms with E-state index in [9.17, 15) is 9.59 Å². The van der Waals surface area contributed by atoms with E-state index >= 15 is 0 Å². The Morgan fingerprint density at radius 2 is 1.78 bits per heavy atom. The number of ether oxygens (including phenoxy) is 3. The van der Waals surface area contributed by atoms with E-state index in [1.807, 2.05) is 13.8 Å². The van der Waals surface area contributed by atoms with E-state index in [1.165, 1.54) is 19.1 Å². The molecule has 7 heteroatoms. The van der Waals surface area contributed by atoms with Crippen molar-refractivity contribution in [1.29, 1.82) is 0 Å². The fourth-order valence-electron chi connectivity index (χ4n) is 2.02. The molecular weight excluding hydrogens is 391 g/mol. The monoisotopic (exact) mass is 410 g/mol. The van der Waals surface area contributed by atoms with Gasteiger partial charge in [-0.2, -0.15) is 0 Å². The van der Waals surface area contributed by atoms with Crippen molar-refractivity contribution in [1.82, 2.24) is 0 Å². The summed E-state index contributed by atoms with van der Waals surface area (Å²) in [5, 5.41) is 0.751. The minimum Gasteiger partial charge on any atom is -0.477 e. The zero-order valence-electron chi connectivity index (χ0n) is 15.2. The van der Waals surface area contributed by atoms with Crippen molar-refractivity contribution >= 4 is 35.1 Å². The second kappa shape index (κ2) is 9.62. The van der Waals surface area contributed by atoms with Crippen molar-refractivity contribution in [3.8, 4) is 11.5 Å². The first kappa shape index (κ1) is 21.1. The molecule has 1 unspecified atom stereocenters. The van der Waals surface area contributed by atoms with Gasteiger partial charge in [-0.15, -0.1) is 0 Å². The SMILES string of the molecule is CC(C)COC(=O)c1cccc(OC(=O)C(C)Oc2ccc(Cl)cc2Cl)c1. The third-order valence-corrected chi connectivity index (χ3v) is 3.90. The lowest BCUT2D eigenvalue weighted by atomic mass is 10.2. The molecule has 144 valence electrons. The van der Waals surface area contributed by atoms with Gasteiger partial charge in [-0.25, -0.2) is 9.59 Å². The highest BCUT2D eigenvalue weighted by Gasteiger charge is 2.19. The molecule has 0 saturated heterocycles. The van der Waals surface area contributed by atoms with Crippen molar-refractivity contribution in [3.63, 3.8) is 0 Å². The summed E-state index contributed by atoms with van der Waals surface area (Å²) in [5.41, 5.74) is 0.301. The molecule has 0 fully saturated rings. The largest absolute Gasteiger partial charge is 0.477 e. The van der Waals surface area contributed by atoms with E-state index in [0.29, 0.717) is 22.9 Å². The third kappa shape index (κ3) is 6.45. The lowest BCUT2D eigenvalue weighted by Crippen LogP contribution is -2.28. The highest BCUT2D eigenvalue weighted by atomic mass is 35.5. The van der Waals surface area contributed by atoms with Crippen LogP contribution < -0.4 is 9.47 Å². The first-order chi connectivity index (χ1) is 12.8. The molecule has 0 spiro atoms. The lowest BCUT2D eigenvalue weighted by Gasteiger charge is -2.15. The molecule has 0 bridgehead atoms. The van der Waals surface area contributed by atoms with Gasteiger partial charge >= 0.3 is 11.9 Å². The summed E-state index contributed by atoms with van der Waals surface area (Å²) in [6, 6.07) is 10.9. The van der Waals surface area contributed by atoms with Gasteiger partial charge in [-0.3, -0.25) is 0 Å². The maximum atomic E-state index is 12.3. The molecule has 0 aromatic heterocycles. The van der Waals surface area contributed by atoms with Crippen molar-refractivity contribution in [2.75, 3.05) is 6.61 Å². The lowest BCUT2D eigenvalue weighted by molar-refractivity contribution is -0.141. The minimum absolute atomic E-state index is 0.219. The highest BCUT2D eigenvalue weighted by Crippen LogP contribution is 2.28. The second-order valence-corrected chi connectivity index (χ2v) is 7.12. The van der Waals surface area contributed by atoms with Gasteiger partial charge in [0.1, 0.15) is 11.5 Å². The Labute approximate surface area is 168 Å². The maximum Gasteiger partial charge on any atom is 0.352 e. The summed E-state index contributed by atoms with van der Waals surface area (Å²) in [6.07, 6.45) is -0.916. The van der Waals surface area contributed by atoms with E-state index in [2.05, 4.69) is 0 Å². The summed E-state index contributed by atoms with van der Waals surface area (Å²) in [6.45, 7) is 5.74. The van der Waals surface area contributed by atoms with Gasteiger partial charge in [0.05, 0.1) is 17.2 Å². The van der Waals surface area contributed by atoms with Gasteiger partial charge in [0.15, 0.2) is 6.10 Å².